The van der Waals surface area contributed by atoms with Crippen LogP contribution in [0.3, 0.4) is 0 Å². The minimum Gasteiger partial charge on any atom is -0.497 e. The molecule has 0 saturated heterocycles. The van der Waals surface area contributed by atoms with Crippen LogP contribution in [0.2, 0.25) is 0 Å². The van der Waals surface area contributed by atoms with E-state index >= 15 is 0 Å². The van der Waals surface area contributed by atoms with Gasteiger partial charge in [-0.3, -0.25) is 14.2 Å². The lowest BCUT2D eigenvalue weighted by molar-refractivity contribution is -0.113. The topological polar surface area (TPSA) is 86.1 Å². The number of anilines is 1. The number of nitrogens with one attached hydrogen (secondary N) is 1. The van der Waals surface area contributed by atoms with Gasteiger partial charge in [-0.15, -0.1) is 0 Å². The first-order valence-corrected chi connectivity index (χ1v) is 11.9. The molecule has 7 nitrogen and oxygen atoms in total. The predicted octanol–water partition coefficient (Wildman–Crippen LogP) is 4.67. The molecular formula is C23H22N4O3S2. The Morgan fingerprint density at radius 2 is 2.00 bits per heavy atom. The number of carbonyl (C=O) groups is 1. The fourth-order valence-electron chi connectivity index (χ4n) is 3.24. The van der Waals surface area contributed by atoms with E-state index in [0.29, 0.717) is 39.0 Å². The van der Waals surface area contributed by atoms with Gasteiger partial charge in [0, 0.05) is 23.9 Å². The van der Waals surface area contributed by atoms with E-state index in [0.717, 1.165) is 12.0 Å². The zero-order chi connectivity index (χ0) is 22.5. The minimum absolute atomic E-state index is 0.118. The first-order chi connectivity index (χ1) is 15.6. The molecular weight excluding hydrogens is 444 g/mol. The minimum atomic E-state index is -0.188. The third kappa shape index (κ3) is 4.68. The van der Waals surface area contributed by atoms with Crippen molar-refractivity contribution in [3.63, 3.8) is 0 Å². The van der Waals surface area contributed by atoms with Crippen LogP contribution < -0.4 is 15.6 Å². The number of rotatable bonds is 8. The van der Waals surface area contributed by atoms with Crippen LogP contribution in [0.25, 0.3) is 21.5 Å². The average molecular weight is 467 g/mol. The quantitative estimate of drug-likeness (QED) is 0.300. The highest BCUT2D eigenvalue weighted by Gasteiger charge is 2.19. The second-order valence-corrected chi connectivity index (χ2v) is 8.71. The van der Waals surface area contributed by atoms with E-state index < -0.39 is 0 Å². The molecule has 0 bridgehead atoms. The van der Waals surface area contributed by atoms with Crippen molar-refractivity contribution in [2.45, 2.75) is 25.0 Å². The number of benzene rings is 2. The van der Waals surface area contributed by atoms with Crippen LogP contribution in [0, 0.1) is 0 Å². The van der Waals surface area contributed by atoms with Crippen molar-refractivity contribution in [3.05, 3.63) is 65.0 Å². The van der Waals surface area contributed by atoms with Gasteiger partial charge in [-0.25, -0.2) is 4.98 Å². The molecule has 2 heterocycles. The van der Waals surface area contributed by atoms with Gasteiger partial charge in [0.1, 0.15) is 21.7 Å². The van der Waals surface area contributed by atoms with Gasteiger partial charge in [0.05, 0.1) is 12.9 Å². The van der Waals surface area contributed by atoms with Gasteiger partial charge in [0.15, 0.2) is 5.16 Å². The molecule has 0 saturated carbocycles. The number of amides is 1. The van der Waals surface area contributed by atoms with E-state index in [9.17, 15) is 9.59 Å². The summed E-state index contributed by atoms with van der Waals surface area (Å²) >= 11 is 2.41. The summed E-state index contributed by atoms with van der Waals surface area (Å²) in [6, 6.07) is 16.9. The van der Waals surface area contributed by atoms with Gasteiger partial charge in [-0.05, 0) is 30.1 Å². The molecule has 0 unspecified atom stereocenters. The van der Waals surface area contributed by atoms with Crippen molar-refractivity contribution in [1.82, 2.24) is 13.9 Å². The Labute approximate surface area is 193 Å². The van der Waals surface area contributed by atoms with E-state index in [1.165, 1.54) is 23.3 Å². The third-order valence-electron chi connectivity index (χ3n) is 4.73. The van der Waals surface area contributed by atoms with Crippen molar-refractivity contribution in [2.75, 3.05) is 18.2 Å². The van der Waals surface area contributed by atoms with E-state index in [2.05, 4.69) is 9.69 Å². The predicted molar refractivity (Wildman–Crippen MR) is 130 cm³/mol. The molecule has 0 aliphatic carbocycles. The largest absolute Gasteiger partial charge is 0.497 e. The molecule has 32 heavy (non-hydrogen) atoms. The summed E-state index contributed by atoms with van der Waals surface area (Å²) in [6.07, 6.45) is 0.779. The van der Waals surface area contributed by atoms with Crippen LogP contribution in [0.1, 0.15) is 13.3 Å². The number of hydrogen-bond acceptors (Lipinski definition) is 7. The zero-order valence-corrected chi connectivity index (χ0v) is 19.3. The van der Waals surface area contributed by atoms with Gasteiger partial charge < -0.3 is 10.1 Å². The van der Waals surface area contributed by atoms with Crippen molar-refractivity contribution < 1.29 is 9.53 Å². The summed E-state index contributed by atoms with van der Waals surface area (Å²) in [7, 11) is 1.58. The number of thioether (sulfide) groups is 1. The van der Waals surface area contributed by atoms with Crippen LogP contribution in [0.4, 0.5) is 5.69 Å². The smallest absolute Gasteiger partial charge is 0.273 e. The Morgan fingerprint density at radius 3 is 2.75 bits per heavy atom. The maximum Gasteiger partial charge on any atom is 0.273 e. The lowest BCUT2D eigenvalue weighted by Crippen LogP contribution is -2.23. The van der Waals surface area contributed by atoms with Crippen molar-refractivity contribution in [2.24, 2.45) is 0 Å². The molecule has 1 N–H and O–H groups in total. The monoisotopic (exact) mass is 466 g/mol. The Hall–Kier alpha value is -3.17. The Kier molecular flexibility index (Phi) is 6.87. The first kappa shape index (κ1) is 22.0. The molecule has 164 valence electrons. The van der Waals surface area contributed by atoms with Gasteiger partial charge in [0.2, 0.25) is 5.91 Å². The van der Waals surface area contributed by atoms with E-state index in [4.69, 9.17) is 9.72 Å². The molecule has 0 atom stereocenters. The number of aromatic nitrogens is 3. The molecule has 2 aromatic carbocycles. The summed E-state index contributed by atoms with van der Waals surface area (Å²) in [5.41, 5.74) is 2.71. The zero-order valence-electron chi connectivity index (χ0n) is 17.7. The number of methoxy groups -OCH3 is 1. The molecule has 0 spiro atoms. The van der Waals surface area contributed by atoms with E-state index in [1.54, 1.807) is 23.8 Å². The standard InChI is InChI=1S/C23H22N4O3S2/c1-3-12-27-22(29)21-20(19(26-32-21)15-8-5-4-6-9-15)25-23(27)31-14-18(28)24-16-10-7-11-17(13-16)30-2/h4-11,13H,3,12,14H2,1-2H3,(H,24,28). The SMILES string of the molecule is CCCn1c(SCC(=O)Nc2cccc(OC)c2)nc2c(-c3ccccc3)nsc2c1=O. The van der Waals surface area contributed by atoms with Crippen LogP contribution >= 0.6 is 23.3 Å². The summed E-state index contributed by atoms with van der Waals surface area (Å²) in [5, 5.41) is 3.37. The Morgan fingerprint density at radius 1 is 1.19 bits per heavy atom. The fourth-order valence-corrected chi connectivity index (χ4v) is 4.85. The van der Waals surface area contributed by atoms with E-state index in [1.807, 2.05) is 49.4 Å². The number of ether oxygens (including phenoxy) is 1. The number of nitrogens with zero attached hydrogens (tertiary/aromatic N) is 3. The van der Waals surface area contributed by atoms with Gasteiger partial charge in [0.25, 0.3) is 5.56 Å². The summed E-state index contributed by atoms with van der Waals surface area (Å²) in [4.78, 5) is 30.5. The summed E-state index contributed by atoms with van der Waals surface area (Å²) < 4.78 is 11.9. The molecule has 0 aliphatic heterocycles. The Balaban J connectivity index is 1.62. The molecule has 9 heteroatoms. The Bertz CT molecular complexity index is 1300. The lowest BCUT2D eigenvalue weighted by atomic mass is 10.1. The molecule has 1 amide bonds. The molecule has 0 radical (unpaired) electrons. The van der Waals surface area contributed by atoms with Crippen molar-refractivity contribution in [3.8, 4) is 17.0 Å². The highest BCUT2D eigenvalue weighted by Crippen LogP contribution is 2.29. The van der Waals surface area contributed by atoms with Gasteiger partial charge >= 0.3 is 0 Å². The fraction of sp³-hybridized carbons (Fsp3) is 0.217. The highest BCUT2D eigenvalue weighted by atomic mass is 32.2. The average Bonchev–Trinajstić information content (AvgIpc) is 3.24. The number of fused-ring (bicyclic) bond motifs is 1. The third-order valence-corrected chi connectivity index (χ3v) is 6.53. The van der Waals surface area contributed by atoms with Gasteiger partial charge in [-0.2, -0.15) is 4.37 Å². The van der Waals surface area contributed by atoms with Crippen LogP contribution in [0.5, 0.6) is 5.75 Å². The molecule has 4 aromatic rings. The summed E-state index contributed by atoms with van der Waals surface area (Å²) in [6.45, 7) is 2.53. The van der Waals surface area contributed by atoms with E-state index in [-0.39, 0.29) is 17.2 Å². The normalized spacial score (nSPS) is 10.9. The van der Waals surface area contributed by atoms with Crippen LogP contribution in [-0.4, -0.2) is 32.7 Å². The maximum absolute atomic E-state index is 13.2. The molecule has 4 rings (SSSR count). The van der Waals surface area contributed by atoms with Crippen LogP contribution in [-0.2, 0) is 11.3 Å². The second kappa shape index (κ2) is 9.97. The number of carbonyl (C=O) groups excluding carboxylic acids is 1. The second-order valence-electron chi connectivity index (χ2n) is 6.99. The number of hydrogen-bond donors (Lipinski definition) is 1. The summed E-state index contributed by atoms with van der Waals surface area (Å²) in [5.74, 6) is 0.599. The van der Waals surface area contributed by atoms with Gasteiger partial charge in [-0.1, -0.05) is 55.1 Å². The molecule has 2 aromatic heterocycles. The lowest BCUT2D eigenvalue weighted by Gasteiger charge is -2.11. The molecule has 0 aliphatic rings. The van der Waals surface area contributed by atoms with Crippen LogP contribution in [0.15, 0.2) is 64.5 Å². The van der Waals surface area contributed by atoms with Crippen molar-refractivity contribution >= 4 is 45.1 Å². The first-order valence-electron chi connectivity index (χ1n) is 10.1. The highest BCUT2D eigenvalue weighted by molar-refractivity contribution is 7.99. The maximum atomic E-state index is 13.2. The molecule has 0 fully saturated rings. The van der Waals surface area contributed by atoms with Crippen molar-refractivity contribution in [1.29, 1.82) is 0 Å².